The maximum absolute atomic E-state index is 13.4. The zero-order valence-electron chi connectivity index (χ0n) is 12.8. The van der Waals surface area contributed by atoms with Crippen LogP contribution in [-0.4, -0.2) is 16.6 Å². The van der Waals surface area contributed by atoms with Gasteiger partial charge in [-0.05, 0) is 30.6 Å². The predicted octanol–water partition coefficient (Wildman–Crippen LogP) is 4.38. The van der Waals surface area contributed by atoms with Gasteiger partial charge in [-0.2, -0.15) is 8.76 Å². The van der Waals surface area contributed by atoms with Crippen LogP contribution in [0.1, 0.15) is 22.2 Å². The molecule has 3 aromatic heterocycles. The average Bonchev–Trinajstić information content (AvgIpc) is 3.20. The number of aromatic nitrogens is 1. The van der Waals surface area contributed by atoms with E-state index in [0.717, 1.165) is 36.3 Å². The number of nitrogens with zero attached hydrogens (tertiary/aromatic N) is 1. The summed E-state index contributed by atoms with van der Waals surface area (Å²) in [6, 6.07) is 2.61. The molecular weight excluding hydrogens is 368 g/mol. The summed E-state index contributed by atoms with van der Waals surface area (Å²) in [5, 5.41) is 3.95. The van der Waals surface area contributed by atoms with Gasteiger partial charge < -0.3 is 11.1 Å². The van der Waals surface area contributed by atoms with Crippen molar-refractivity contribution >= 4 is 49.4 Å². The quantitative estimate of drug-likeness (QED) is 0.621. The van der Waals surface area contributed by atoms with E-state index in [9.17, 15) is 8.78 Å². The van der Waals surface area contributed by atoms with Crippen molar-refractivity contribution in [2.75, 3.05) is 5.32 Å². The molecular formula is C16H15F2N3S3. The molecule has 0 aliphatic carbocycles. The highest BCUT2D eigenvalue weighted by Crippen LogP contribution is 2.39. The van der Waals surface area contributed by atoms with Crippen molar-refractivity contribution in [2.24, 2.45) is 5.73 Å². The highest BCUT2D eigenvalue weighted by Gasteiger charge is 2.21. The second kappa shape index (κ2) is 7.15. The summed E-state index contributed by atoms with van der Waals surface area (Å²) < 4.78 is 31.8. The van der Waals surface area contributed by atoms with Crippen LogP contribution in [0.3, 0.4) is 0 Å². The normalized spacial score (nSPS) is 13.8. The predicted molar refractivity (Wildman–Crippen MR) is 99.3 cm³/mol. The summed E-state index contributed by atoms with van der Waals surface area (Å²) in [5.41, 5.74) is 7.28. The van der Waals surface area contributed by atoms with E-state index in [-0.39, 0.29) is 5.13 Å². The molecule has 3 aromatic rings. The number of hydrogen-bond acceptors (Lipinski definition) is 6. The van der Waals surface area contributed by atoms with Gasteiger partial charge in [-0.1, -0.05) is 5.92 Å². The number of halogens is 2. The zero-order chi connectivity index (χ0) is 17.3. The molecule has 2 atom stereocenters. The Morgan fingerprint density at radius 2 is 2.21 bits per heavy atom. The first kappa shape index (κ1) is 17.3. The van der Waals surface area contributed by atoms with Gasteiger partial charge in [0.1, 0.15) is 16.7 Å². The molecule has 0 bridgehead atoms. The van der Waals surface area contributed by atoms with Gasteiger partial charge >= 0.3 is 0 Å². The fraction of sp³-hybridized carbons (Fsp3) is 0.312. The van der Waals surface area contributed by atoms with Crippen LogP contribution in [0.25, 0.3) is 10.2 Å². The van der Waals surface area contributed by atoms with Gasteiger partial charge in [-0.15, -0.1) is 29.1 Å². The minimum absolute atomic E-state index is 0.205. The monoisotopic (exact) mass is 383 g/mol. The van der Waals surface area contributed by atoms with E-state index in [4.69, 9.17) is 12.2 Å². The number of anilines is 1. The third kappa shape index (κ3) is 3.44. The van der Waals surface area contributed by atoms with Crippen LogP contribution in [-0.2, 0) is 13.0 Å². The lowest BCUT2D eigenvalue weighted by molar-refractivity contribution is 0.305. The third-order valence-electron chi connectivity index (χ3n) is 3.60. The van der Waals surface area contributed by atoms with E-state index in [1.54, 1.807) is 6.07 Å². The lowest BCUT2D eigenvalue weighted by atomic mass is 10.1. The molecule has 24 heavy (non-hydrogen) atoms. The smallest absolute Gasteiger partial charge is 0.176 e. The minimum atomic E-state index is -1.10. The highest BCUT2D eigenvalue weighted by atomic mass is 32.1. The number of hydrogen-bond donors (Lipinski definition) is 2. The van der Waals surface area contributed by atoms with Crippen LogP contribution in [0.15, 0.2) is 12.1 Å². The average molecular weight is 384 g/mol. The van der Waals surface area contributed by atoms with Crippen molar-refractivity contribution < 1.29 is 8.78 Å². The second-order valence-electron chi connectivity index (χ2n) is 5.34. The highest BCUT2D eigenvalue weighted by molar-refractivity contribution is 7.24. The molecule has 3 nitrogen and oxygen atoms in total. The maximum atomic E-state index is 13.4. The SMILES string of the molecule is C#Cc1c(C[C@@H](N)[C@H](C)F)sc2c(NCc3ccc(F)s3)snc12. The standard InChI is InChI=1S/C16H15F2N3S3/c1-3-10-12(6-11(19)8(2)17)23-15-14(10)21-24-16(15)20-7-9-4-5-13(18)22-9/h1,4-5,8,11,20H,6-7,19H2,2H3/t8-,11+/m0/s1. The molecule has 0 fully saturated rings. The van der Waals surface area contributed by atoms with Crippen LogP contribution in [0.5, 0.6) is 0 Å². The first-order valence-electron chi connectivity index (χ1n) is 7.25. The molecule has 0 radical (unpaired) electrons. The van der Waals surface area contributed by atoms with Gasteiger partial charge in [0.25, 0.3) is 0 Å². The van der Waals surface area contributed by atoms with Crippen LogP contribution in [0, 0.1) is 17.5 Å². The topological polar surface area (TPSA) is 50.9 Å². The molecule has 0 amide bonds. The Bertz CT molecular complexity index is 888. The van der Waals surface area contributed by atoms with E-state index in [0.29, 0.717) is 18.5 Å². The van der Waals surface area contributed by atoms with Crippen LogP contribution in [0.2, 0.25) is 0 Å². The van der Waals surface area contributed by atoms with Crippen molar-refractivity contribution in [2.45, 2.75) is 32.1 Å². The van der Waals surface area contributed by atoms with Crippen molar-refractivity contribution in [1.29, 1.82) is 0 Å². The van der Waals surface area contributed by atoms with Gasteiger partial charge in [0.15, 0.2) is 5.13 Å². The van der Waals surface area contributed by atoms with Crippen LogP contribution < -0.4 is 11.1 Å². The minimum Gasteiger partial charge on any atom is -0.370 e. The van der Waals surface area contributed by atoms with E-state index in [2.05, 4.69) is 15.6 Å². The Labute approximate surface area is 150 Å². The summed E-state index contributed by atoms with van der Waals surface area (Å²) in [6.07, 6.45) is 4.90. The second-order valence-corrected chi connectivity index (χ2v) is 8.34. The van der Waals surface area contributed by atoms with Crippen molar-refractivity contribution in [3.8, 4) is 12.3 Å². The lowest BCUT2D eigenvalue weighted by Gasteiger charge is -2.11. The number of fused-ring (bicyclic) bond motifs is 1. The molecule has 0 unspecified atom stereocenters. The molecule has 8 heteroatoms. The molecule has 0 aromatic carbocycles. The molecule has 0 saturated carbocycles. The molecule has 126 valence electrons. The van der Waals surface area contributed by atoms with E-state index in [1.165, 1.54) is 35.9 Å². The number of rotatable bonds is 6. The summed E-state index contributed by atoms with van der Waals surface area (Å²) in [5.74, 6) is 2.65. The molecule has 0 aliphatic heterocycles. The number of alkyl halides is 1. The lowest BCUT2D eigenvalue weighted by Crippen LogP contribution is -2.31. The summed E-state index contributed by atoms with van der Waals surface area (Å²) in [4.78, 5) is 1.78. The van der Waals surface area contributed by atoms with E-state index in [1.807, 2.05) is 0 Å². The Morgan fingerprint density at radius 1 is 1.42 bits per heavy atom. The van der Waals surface area contributed by atoms with E-state index >= 15 is 0 Å². The molecule has 0 spiro atoms. The van der Waals surface area contributed by atoms with Crippen molar-refractivity contribution in [1.82, 2.24) is 4.37 Å². The van der Waals surface area contributed by atoms with Gasteiger partial charge in [0.2, 0.25) is 0 Å². The fourth-order valence-corrected chi connectivity index (χ4v) is 5.07. The van der Waals surface area contributed by atoms with Crippen molar-refractivity contribution in [3.63, 3.8) is 0 Å². The van der Waals surface area contributed by atoms with Crippen LogP contribution in [0.4, 0.5) is 13.8 Å². The number of thiophene rings is 2. The van der Waals surface area contributed by atoms with Gasteiger partial charge in [-0.3, -0.25) is 0 Å². The third-order valence-corrected chi connectivity index (χ3v) is 6.62. The Hall–Kier alpha value is -1.53. The summed E-state index contributed by atoms with van der Waals surface area (Å²) in [6.45, 7) is 1.96. The maximum Gasteiger partial charge on any atom is 0.176 e. The molecule has 3 heterocycles. The number of nitrogens with two attached hydrogens (primary N) is 1. The zero-order valence-corrected chi connectivity index (χ0v) is 15.3. The first-order chi connectivity index (χ1) is 11.5. The molecule has 0 saturated heterocycles. The Balaban J connectivity index is 1.85. The fourth-order valence-electron chi connectivity index (χ4n) is 2.24. The largest absolute Gasteiger partial charge is 0.370 e. The van der Waals surface area contributed by atoms with Gasteiger partial charge in [0, 0.05) is 22.2 Å². The summed E-state index contributed by atoms with van der Waals surface area (Å²) in [7, 11) is 0. The number of nitrogens with one attached hydrogen (secondary N) is 1. The molecule has 3 N–H and O–H groups in total. The van der Waals surface area contributed by atoms with Crippen molar-refractivity contribution in [3.05, 3.63) is 32.6 Å². The summed E-state index contributed by atoms with van der Waals surface area (Å²) >= 11 is 3.92. The van der Waals surface area contributed by atoms with Crippen LogP contribution >= 0.6 is 34.2 Å². The van der Waals surface area contributed by atoms with E-state index < -0.39 is 12.2 Å². The number of terminal acetylenes is 1. The van der Waals surface area contributed by atoms with Gasteiger partial charge in [0.05, 0.1) is 16.8 Å². The molecule has 3 rings (SSSR count). The van der Waals surface area contributed by atoms with Gasteiger partial charge in [-0.25, -0.2) is 4.39 Å². The Morgan fingerprint density at radius 3 is 2.83 bits per heavy atom. The first-order valence-corrected chi connectivity index (χ1v) is 9.65. The molecule has 0 aliphatic rings. The Kier molecular flexibility index (Phi) is 5.15.